The zero-order valence-corrected chi connectivity index (χ0v) is 18.0. The monoisotopic (exact) mass is 428 g/mol. The van der Waals surface area contributed by atoms with E-state index in [1.54, 1.807) is 36.4 Å². The van der Waals surface area contributed by atoms with Crippen molar-refractivity contribution in [3.8, 4) is 5.75 Å². The maximum Gasteiger partial charge on any atom is 0.262 e. The average molecular weight is 429 g/mol. The number of piperidine rings is 1. The summed E-state index contributed by atoms with van der Waals surface area (Å²) in [6, 6.07) is 13.0. The standard InChI is InChI=1S/C23H28N2O4S/c1-29-22-9-5-4-8-21(22)24-30(27,28)20-12-10-18(11-13-20)23(26)25-15-14-17-6-2-3-7-19(17)16-25/h4-5,8-13,17,19,24H,2-3,6-7,14-16H2,1H3/t17-,19+/m1/s1. The number of carbonyl (C=O) groups excluding carboxylic acids is 1. The van der Waals surface area contributed by atoms with Gasteiger partial charge in [0, 0.05) is 18.7 Å². The predicted molar refractivity (Wildman–Crippen MR) is 116 cm³/mol. The molecule has 6 nitrogen and oxygen atoms in total. The quantitative estimate of drug-likeness (QED) is 0.776. The van der Waals surface area contributed by atoms with Crippen LogP contribution in [0.4, 0.5) is 5.69 Å². The molecule has 160 valence electrons. The van der Waals surface area contributed by atoms with Gasteiger partial charge >= 0.3 is 0 Å². The summed E-state index contributed by atoms with van der Waals surface area (Å²) in [5, 5.41) is 0. The lowest BCUT2D eigenvalue weighted by Crippen LogP contribution is -2.44. The van der Waals surface area contributed by atoms with Gasteiger partial charge in [-0.15, -0.1) is 0 Å². The number of ether oxygens (including phenoxy) is 1. The summed E-state index contributed by atoms with van der Waals surface area (Å²) in [6.45, 7) is 1.61. The Morgan fingerprint density at radius 3 is 2.43 bits per heavy atom. The molecule has 1 N–H and O–H groups in total. The Kier molecular flexibility index (Phi) is 5.99. The first-order valence-corrected chi connectivity index (χ1v) is 12.0. The van der Waals surface area contributed by atoms with Crippen molar-refractivity contribution >= 4 is 21.6 Å². The van der Waals surface area contributed by atoms with Crippen molar-refractivity contribution in [3.63, 3.8) is 0 Å². The van der Waals surface area contributed by atoms with E-state index in [4.69, 9.17) is 4.74 Å². The van der Waals surface area contributed by atoms with Gasteiger partial charge in [-0.1, -0.05) is 31.4 Å². The number of benzene rings is 2. The van der Waals surface area contributed by atoms with Gasteiger partial charge in [-0.3, -0.25) is 9.52 Å². The summed E-state index contributed by atoms with van der Waals surface area (Å²) in [4.78, 5) is 15.0. The Labute approximate surface area is 178 Å². The largest absolute Gasteiger partial charge is 0.495 e. The minimum Gasteiger partial charge on any atom is -0.495 e. The smallest absolute Gasteiger partial charge is 0.262 e. The molecule has 0 radical (unpaired) electrons. The van der Waals surface area contributed by atoms with E-state index < -0.39 is 10.0 Å². The third-order valence-electron chi connectivity index (χ3n) is 6.34. The highest BCUT2D eigenvalue weighted by Gasteiger charge is 2.33. The Bertz CT molecular complexity index is 1000. The number of sulfonamides is 1. The zero-order chi connectivity index (χ0) is 21.1. The SMILES string of the molecule is COc1ccccc1NS(=O)(=O)c1ccc(C(=O)N2CC[C@H]3CCCC[C@H]3C2)cc1. The van der Waals surface area contributed by atoms with Crippen LogP contribution in [-0.4, -0.2) is 39.4 Å². The number of para-hydroxylation sites is 2. The van der Waals surface area contributed by atoms with Crippen molar-refractivity contribution in [3.05, 3.63) is 54.1 Å². The summed E-state index contributed by atoms with van der Waals surface area (Å²) in [5.41, 5.74) is 0.899. The predicted octanol–water partition coefficient (Wildman–Crippen LogP) is 4.15. The van der Waals surface area contributed by atoms with Crippen molar-refractivity contribution in [1.82, 2.24) is 4.90 Å². The molecular formula is C23H28N2O4S. The lowest BCUT2D eigenvalue weighted by Gasteiger charge is -2.41. The second-order valence-corrected chi connectivity index (χ2v) is 9.86. The fraction of sp³-hybridized carbons (Fsp3) is 0.435. The maximum atomic E-state index is 13.0. The van der Waals surface area contributed by atoms with Gasteiger partial charge in [-0.25, -0.2) is 8.42 Å². The summed E-state index contributed by atoms with van der Waals surface area (Å²) in [7, 11) is -2.29. The van der Waals surface area contributed by atoms with Crippen LogP contribution in [0.2, 0.25) is 0 Å². The molecule has 7 heteroatoms. The normalized spacial score (nSPS) is 21.6. The van der Waals surface area contributed by atoms with Gasteiger partial charge in [0.2, 0.25) is 0 Å². The number of rotatable bonds is 5. The van der Waals surface area contributed by atoms with Crippen molar-refractivity contribution in [2.24, 2.45) is 11.8 Å². The molecule has 2 aromatic rings. The molecule has 0 unspecified atom stereocenters. The van der Waals surface area contributed by atoms with Gasteiger partial charge < -0.3 is 9.64 Å². The summed E-state index contributed by atoms with van der Waals surface area (Å²) < 4.78 is 33.3. The number of likely N-dealkylation sites (tertiary alicyclic amines) is 1. The van der Waals surface area contributed by atoms with Crippen molar-refractivity contribution in [2.45, 2.75) is 37.0 Å². The molecule has 1 aliphatic carbocycles. The second kappa shape index (κ2) is 8.68. The summed E-state index contributed by atoms with van der Waals surface area (Å²) in [5.74, 6) is 1.80. The molecule has 1 aliphatic heterocycles. The first-order chi connectivity index (χ1) is 14.5. The Hall–Kier alpha value is -2.54. The van der Waals surface area contributed by atoms with Gasteiger partial charge in [0.05, 0.1) is 17.7 Å². The lowest BCUT2D eigenvalue weighted by molar-refractivity contribution is 0.0521. The Morgan fingerprint density at radius 1 is 1.00 bits per heavy atom. The molecule has 2 aromatic carbocycles. The highest BCUT2D eigenvalue weighted by molar-refractivity contribution is 7.92. The third kappa shape index (κ3) is 4.31. The average Bonchev–Trinajstić information content (AvgIpc) is 2.78. The van der Waals surface area contributed by atoms with E-state index in [1.165, 1.54) is 44.9 Å². The Balaban J connectivity index is 1.46. The van der Waals surface area contributed by atoms with Crippen LogP contribution < -0.4 is 9.46 Å². The van der Waals surface area contributed by atoms with Gasteiger partial charge in [0.15, 0.2) is 0 Å². The molecule has 2 atom stereocenters. The van der Waals surface area contributed by atoms with Crippen LogP contribution in [0.15, 0.2) is 53.4 Å². The number of amides is 1. The number of methoxy groups -OCH3 is 1. The molecule has 0 spiro atoms. The molecule has 1 amide bonds. The van der Waals surface area contributed by atoms with Gasteiger partial charge in [-0.2, -0.15) is 0 Å². The minimum atomic E-state index is -3.78. The molecule has 2 aliphatic rings. The first kappa shape index (κ1) is 20.7. The first-order valence-electron chi connectivity index (χ1n) is 10.5. The molecule has 4 rings (SSSR count). The third-order valence-corrected chi connectivity index (χ3v) is 7.72. The molecule has 1 saturated carbocycles. The fourth-order valence-electron chi connectivity index (χ4n) is 4.68. The van der Waals surface area contributed by atoms with E-state index in [-0.39, 0.29) is 10.8 Å². The molecule has 0 aromatic heterocycles. The number of nitrogens with one attached hydrogen (secondary N) is 1. The number of nitrogens with zero attached hydrogens (tertiary/aromatic N) is 1. The van der Waals surface area contributed by atoms with E-state index >= 15 is 0 Å². The van der Waals surface area contributed by atoms with Gasteiger partial charge in [0.1, 0.15) is 5.75 Å². The van der Waals surface area contributed by atoms with Crippen LogP contribution in [0, 0.1) is 11.8 Å². The van der Waals surface area contributed by atoms with Gasteiger partial charge in [-0.05, 0) is 61.1 Å². The van der Waals surface area contributed by atoms with Crippen LogP contribution in [0.1, 0.15) is 42.5 Å². The van der Waals surface area contributed by atoms with Crippen LogP contribution in [0.25, 0.3) is 0 Å². The molecule has 1 heterocycles. The van der Waals surface area contributed by atoms with E-state index in [1.807, 2.05) is 4.90 Å². The topological polar surface area (TPSA) is 75.7 Å². The maximum absolute atomic E-state index is 13.0. The van der Waals surface area contributed by atoms with Crippen molar-refractivity contribution in [1.29, 1.82) is 0 Å². The Morgan fingerprint density at radius 2 is 1.70 bits per heavy atom. The number of fused-ring (bicyclic) bond motifs is 1. The van der Waals surface area contributed by atoms with Crippen LogP contribution in [0.5, 0.6) is 5.75 Å². The summed E-state index contributed by atoms with van der Waals surface area (Å²) >= 11 is 0. The highest BCUT2D eigenvalue weighted by atomic mass is 32.2. The molecule has 1 saturated heterocycles. The molecular weight excluding hydrogens is 400 g/mol. The fourth-order valence-corrected chi connectivity index (χ4v) is 5.75. The van der Waals surface area contributed by atoms with E-state index in [9.17, 15) is 13.2 Å². The minimum absolute atomic E-state index is 0.0133. The van der Waals surface area contributed by atoms with Crippen LogP contribution >= 0.6 is 0 Å². The van der Waals surface area contributed by atoms with E-state index in [2.05, 4.69) is 4.72 Å². The number of hydrogen-bond acceptors (Lipinski definition) is 4. The van der Waals surface area contributed by atoms with Crippen molar-refractivity contribution < 1.29 is 17.9 Å². The van der Waals surface area contributed by atoms with E-state index in [0.29, 0.717) is 22.9 Å². The van der Waals surface area contributed by atoms with Gasteiger partial charge in [0.25, 0.3) is 15.9 Å². The number of hydrogen-bond donors (Lipinski definition) is 1. The van der Waals surface area contributed by atoms with E-state index in [0.717, 1.165) is 25.4 Å². The lowest BCUT2D eigenvalue weighted by atomic mass is 9.75. The molecule has 30 heavy (non-hydrogen) atoms. The van der Waals surface area contributed by atoms with Crippen LogP contribution in [0.3, 0.4) is 0 Å². The van der Waals surface area contributed by atoms with Crippen molar-refractivity contribution in [2.75, 3.05) is 24.9 Å². The molecule has 0 bridgehead atoms. The number of carbonyl (C=O) groups is 1. The van der Waals surface area contributed by atoms with Crippen LogP contribution in [-0.2, 0) is 10.0 Å². The second-order valence-electron chi connectivity index (χ2n) is 8.17. The summed E-state index contributed by atoms with van der Waals surface area (Å²) in [6.07, 6.45) is 6.15. The number of anilines is 1. The molecule has 2 fully saturated rings. The highest BCUT2D eigenvalue weighted by Crippen LogP contribution is 2.36. The zero-order valence-electron chi connectivity index (χ0n) is 17.2.